The molecule has 1 aliphatic carbocycles. The Balaban J connectivity index is 2.17. The number of hydroxylamine groups is 1. The number of anilines is 1. The van der Waals surface area contributed by atoms with E-state index < -0.39 is 36.0 Å². The second kappa shape index (κ2) is 13.3. The van der Waals surface area contributed by atoms with E-state index in [9.17, 15) is 24.6 Å². The first-order valence-electron chi connectivity index (χ1n) is 13.2. The number of nitrogens with one attached hydrogen (secondary N) is 1. The van der Waals surface area contributed by atoms with Crippen molar-refractivity contribution in [3.63, 3.8) is 0 Å². The summed E-state index contributed by atoms with van der Waals surface area (Å²) < 4.78 is 9.98. The van der Waals surface area contributed by atoms with E-state index in [1.165, 1.54) is 7.11 Å². The molecule has 1 aliphatic rings. The molecule has 38 heavy (non-hydrogen) atoms. The molecule has 3 N–H and O–H groups in total. The van der Waals surface area contributed by atoms with Crippen molar-refractivity contribution in [1.29, 1.82) is 0 Å². The lowest BCUT2D eigenvalue weighted by molar-refractivity contribution is -0.155. The molecule has 10 heteroatoms. The van der Waals surface area contributed by atoms with Gasteiger partial charge in [-0.15, -0.1) is 0 Å². The molecule has 0 unspecified atom stereocenters. The number of aliphatic hydroxyl groups excluding tert-OH is 1. The van der Waals surface area contributed by atoms with E-state index >= 15 is 0 Å². The maximum atomic E-state index is 13.1. The Kier molecular flexibility index (Phi) is 11.0. The normalized spacial score (nSPS) is 22.4. The molecule has 0 aromatic heterocycles. The summed E-state index contributed by atoms with van der Waals surface area (Å²) in [6.45, 7) is 10.7. The Bertz CT molecular complexity index is 960. The van der Waals surface area contributed by atoms with Gasteiger partial charge in [0, 0.05) is 6.54 Å². The number of benzene rings is 1. The highest BCUT2D eigenvalue weighted by atomic mass is 16.8. The third-order valence-electron chi connectivity index (χ3n) is 6.80. The molecular formula is C28H44N2O8. The number of ether oxygens (including phenoxy) is 2. The highest BCUT2D eigenvalue weighted by molar-refractivity contribution is 5.85. The van der Waals surface area contributed by atoms with Crippen LogP contribution in [0.2, 0.25) is 0 Å². The number of esters is 1. The van der Waals surface area contributed by atoms with E-state index in [0.717, 1.165) is 23.5 Å². The smallest absolute Gasteiger partial charge is 0.467 e. The van der Waals surface area contributed by atoms with Gasteiger partial charge in [-0.05, 0) is 75.5 Å². The number of aliphatic hydroxyl groups is 2. The van der Waals surface area contributed by atoms with Crippen LogP contribution in [0.3, 0.4) is 0 Å². The van der Waals surface area contributed by atoms with Gasteiger partial charge in [-0.1, -0.05) is 39.3 Å². The summed E-state index contributed by atoms with van der Waals surface area (Å²) in [6, 6.07) is 5.49. The number of carbonyl (C=O) groups is 3. The summed E-state index contributed by atoms with van der Waals surface area (Å²) in [4.78, 5) is 43.1. The Morgan fingerprint density at radius 2 is 1.89 bits per heavy atom. The molecule has 1 amide bonds. The maximum absolute atomic E-state index is 13.1. The molecule has 1 fully saturated rings. The monoisotopic (exact) mass is 536 g/mol. The zero-order valence-corrected chi connectivity index (χ0v) is 23.7. The van der Waals surface area contributed by atoms with Crippen molar-refractivity contribution in [2.24, 2.45) is 17.8 Å². The molecule has 0 spiro atoms. The topological polar surface area (TPSA) is 135 Å². The number of carbonyl (C=O) groups excluding carboxylic acids is 3. The number of rotatable bonds is 10. The van der Waals surface area contributed by atoms with Crippen LogP contribution in [0.15, 0.2) is 24.3 Å². The van der Waals surface area contributed by atoms with Crippen LogP contribution in [0, 0.1) is 17.8 Å². The Morgan fingerprint density at radius 3 is 2.47 bits per heavy atom. The molecular weight excluding hydrogens is 492 g/mol. The van der Waals surface area contributed by atoms with Crippen LogP contribution in [0.1, 0.15) is 66.4 Å². The van der Waals surface area contributed by atoms with Gasteiger partial charge in [0.15, 0.2) is 6.04 Å². The van der Waals surface area contributed by atoms with Crippen LogP contribution < -0.4 is 10.4 Å². The fourth-order valence-electron chi connectivity index (χ4n) is 4.98. The summed E-state index contributed by atoms with van der Waals surface area (Å²) in [5.41, 5.74) is -1.16. The van der Waals surface area contributed by atoms with E-state index in [4.69, 9.17) is 14.3 Å². The third kappa shape index (κ3) is 8.33. The van der Waals surface area contributed by atoms with Crippen LogP contribution in [-0.4, -0.2) is 65.8 Å². The van der Waals surface area contributed by atoms with E-state index in [0.29, 0.717) is 18.5 Å². The Labute approximate surface area is 225 Å². The molecule has 0 saturated heterocycles. The van der Waals surface area contributed by atoms with Gasteiger partial charge in [0.25, 0.3) is 5.91 Å². The van der Waals surface area contributed by atoms with Crippen LogP contribution >= 0.6 is 0 Å². The van der Waals surface area contributed by atoms with Crippen molar-refractivity contribution in [3.05, 3.63) is 29.8 Å². The number of hydrogen-bond donors (Lipinski definition) is 3. The molecule has 1 aromatic rings. The zero-order valence-electron chi connectivity index (χ0n) is 23.7. The van der Waals surface area contributed by atoms with Crippen LogP contribution in [0.5, 0.6) is 0 Å². The molecule has 1 saturated carbocycles. The van der Waals surface area contributed by atoms with E-state index in [2.05, 4.69) is 12.2 Å². The molecule has 0 aliphatic heterocycles. The minimum absolute atomic E-state index is 0.102. The average Bonchev–Trinajstić information content (AvgIpc) is 2.82. The quantitative estimate of drug-likeness (QED) is 0.304. The molecule has 0 heterocycles. The number of hydrogen-bond acceptors (Lipinski definition) is 9. The van der Waals surface area contributed by atoms with Gasteiger partial charge in [-0.2, -0.15) is 5.06 Å². The minimum atomic E-state index is -1.40. The van der Waals surface area contributed by atoms with Crippen molar-refractivity contribution in [2.75, 3.05) is 25.3 Å². The zero-order chi connectivity index (χ0) is 28.7. The fraction of sp³-hybridized carbons (Fsp3) is 0.679. The molecule has 10 nitrogen and oxygen atoms in total. The van der Waals surface area contributed by atoms with Crippen molar-refractivity contribution < 1.29 is 38.9 Å². The lowest BCUT2D eigenvalue weighted by Gasteiger charge is -2.43. The standard InChI is InChI=1S/C28H44N2O8/c1-18(2)22-12-11-19(3)16-28(22,35)25(33)29-14-13-20-9-8-10-21(15-20)30(23(17-31)24(32)36-7)38-26(34)37-27(4,5)6/h8-10,15,18-19,22-23,31,35H,11-14,16-17H2,1-7H3,(H,29,33)/t19-,22+,23-,28+/m1/s1. The number of methoxy groups -OCH3 is 1. The summed E-state index contributed by atoms with van der Waals surface area (Å²) >= 11 is 0. The molecule has 2 rings (SSSR count). The van der Waals surface area contributed by atoms with Gasteiger partial charge in [-0.25, -0.2) is 9.59 Å². The minimum Gasteiger partial charge on any atom is -0.467 e. The first kappa shape index (κ1) is 31.4. The van der Waals surface area contributed by atoms with Crippen molar-refractivity contribution in [1.82, 2.24) is 5.32 Å². The summed E-state index contributed by atoms with van der Waals surface area (Å²) in [5.74, 6) is -0.819. The number of amides is 1. The highest BCUT2D eigenvalue weighted by Crippen LogP contribution is 2.41. The lowest BCUT2D eigenvalue weighted by Crippen LogP contribution is -2.56. The predicted molar refractivity (Wildman–Crippen MR) is 142 cm³/mol. The summed E-state index contributed by atoms with van der Waals surface area (Å²) in [6.07, 6.45) is 1.61. The molecule has 0 radical (unpaired) electrons. The Morgan fingerprint density at radius 1 is 1.21 bits per heavy atom. The second-order valence-electron chi connectivity index (χ2n) is 11.4. The number of nitrogens with zero attached hydrogens (tertiary/aromatic N) is 1. The first-order valence-corrected chi connectivity index (χ1v) is 13.2. The highest BCUT2D eigenvalue weighted by Gasteiger charge is 2.48. The van der Waals surface area contributed by atoms with Crippen molar-refractivity contribution in [2.45, 2.75) is 84.5 Å². The lowest BCUT2D eigenvalue weighted by atomic mass is 9.66. The van der Waals surface area contributed by atoms with Gasteiger partial charge in [-0.3, -0.25) is 4.79 Å². The van der Waals surface area contributed by atoms with E-state index in [1.807, 2.05) is 19.9 Å². The van der Waals surface area contributed by atoms with Crippen molar-refractivity contribution in [3.8, 4) is 0 Å². The fourth-order valence-corrected chi connectivity index (χ4v) is 4.98. The average molecular weight is 537 g/mol. The molecule has 1 aromatic carbocycles. The van der Waals surface area contributed by atoms with Crippen molar-refractivity contribution >= 4 is 23.7 Å². The third-order valence-corrected chi connectivity index (χ3v) is 6.80. The molecule has 0 bridgehead atoms. The Hall–Kier alpha value is -2.85. The second-order valence-corrected chi connectivity index (χ2v) is 11.4. The van der Waals surface area contributed by atoms with Crippen LogP contribution in [0.4, 0.5) is 10.5 Å². The van der Waals surface area contributed by atoms with Crippen LogP contribution in [0.25, 0.3) is 0 Å². The summed E-state index contributed by atoms with van der Waals surface area (Å²) in [7, 11) is 1.17. The van der Waals surface area contributed by atoms with Gasteiger partial charge < -0.3 is 29.8 Å². The van der Waals surface area contributed by atoms with Gasteiger partial charge in [0.05, 0.1) is 19.4 Å². The van der Waals surface area contributed by atoms with Gasteiger partial charge in [0.2, 0.25) is 0 Å². The largest absolute Gasteiger partial charge is 0.533 e. The summed E-state index contributed by atoms with van der Waals surface area (Å²) in [5, 5.41) is 25.0. The SMILES string of the molecule is COC(=O)[C@@H](CO)N(OC(=O)OC(C)(C)C)c1cccc(CCNC(=O)[C@]2(O)C[C@H](C)CC[C@H]2C(C)C)c1. The molecule has 4 atom stereocenters. The van der Waals surface area contributed by atoms with E-state index in [1.54, 1.807) is 39.0 Å². The van der Waals surface area contributed by atoms with E-state index in [-0.39, 0.29) is 30.2 Å². The maximum Gasteiger partial charge on any atom is 0.533 e. The first-order chi connectivity index (χ1) is 17.7. The predicted octanol–water partition coefficient (Wildman–Crippen LogP) is 3.38. The van der Waals surface area contributed by atoms with Gasteiger partial charge in [0.1, 0.15) is 11.2 Å². The van der Waals surface area contributed by atoms with Gasteiger partial charge >= 0.3 is 12.1 Å². The molecule has 214 valence electrons. The van der Waals surface area contributed by atoms with Crippen LogP contribution in [-0.2, 0) is 30.3 Å².